The molecule has 2 rings (SSSR count). The van der Waals surface area contributed by atoms with Crippen LogP contribution in [0.3, 0.4) is 0 Å². The molecule has 0 radical (unpaired) electrons. The van der Waals surface area contributed by atoms with Gasteiger partial charge >= 0.3 is 0 Å². The van der Waals surface area contributed by atoms with Crippen LogP contribution in [0.4, 0.5) is 0 Å². The maximum Gasteiger partial charge on any atom is 0.163 e. The zero-order chi connectivity index (χ0) is 13.0. The van der Waals surface area contributed by atoms with Gasteiger partial charge in [0.1, 0.15) is 0 Å². The van der Waals surface area contributed by atoms with Crippen LogP contribution in [-0.2, 0) is 9.47 Å². The zero-order valence-electron chi connectivity index (χ0n) is 11.4. The summed E-state index contributed by atoms with van der Waals surface area (Å²) in [4.78, 5) is 2.33. The summed E-state index contributed by atoms with van der Waals surface area (Å²) >= 11 is 0. The van der Waals surface area contributed by atoms with E-state index in [9.17, 15) is 0 Å². The minimum atomic E-state index is -0.414. The number of terminal acetylenes is 1. The van der Waals surface area contributed by atoms with E-state index < -0.39 is 5.79 Å². The molecule has 1 N–H and O–H groups in total. The lowest BCUT2D eigenvalue weighted by atomic mass is 10.0. The topological polar surface area (TPSA) is 33.7 Å². The Labute approximate surface area is 110 Å². The highest BCUT2D eigenvalue weighted by Gasteiger charge is 2.32. The summed E-state index contributed by atoms with van der Waals surface area (Å²) in [5.41, 5.74) is 0. The number of nitrogens with one attached hydrogen (secondary N) is 1. The molecule has 102 valence electrons. The van der Waals surface area contributed by atoms with Crippen molar-refractivity contribution >= 4 is 0 Å². The van der Waals surface area contributed by atoms with Gasteiger partial charge in [0.2, 0.25) is 0 Å². The van der Waals surface area contributed by atoms with Gasteiger partial charge in [-0.3, -0.25) is 4.90 Å². The molecule has 2 fully saturated rings. The molecule has 0 saturated carbocycles. The molecule has 0 aromatic heterocycles. The lowest BCUT2D eigenvalue weighted by Crippen LogP contribution is -2.45. The first-order chi connectivity index (χ1) is 8.59. The van der Waals surface area contributed by atoms with Crippen molar-refractivity contribution in [3.8, 4) is 12.3 Å². The molecule has 0 aliphatic carbocycles. The van der Waals surface area contributed by atoms with Gasteiger partial charge in [0.25, 0.3) is 0 Å². The summed E-state index contributed by atoms with van der Waals surface area (Å²) in [5.74, 6) is 2.29. The van der Waals surface area contributed by atoms with Crippen LogP contribution >= 0.6 is 0 Å². The van der Waals surface area contributed by atoms with Crippen LogP contribution in [0, 0.1) is 12.3 Å². The number of piperidine rings is 1. The maximum atomic E-state index is 5.78. The van der Waals surface area contributed by atoms with Crippen LogP contribution in [-0.4, -0.2) is 55.6 Å². The van der Waals surface area contributed by atoms with Gasteiger partial charge in [0, 0.05) is 25.7 Å². The Balaban J connectivity index is 1.63. The number of nitrogens with zero attached hydrogens (tertiary/aromatic N) is 1. The van der Waals surface area contributed by atoms with Crippen molar-refractivity contribution in [3.05, 3.63) is 0 Å². The van der Waals surface area contributed by atoms with E-state index in [0.717, 1.165) is 26.2 Å². The van der Waals surface area contributed by atoms with Crippen LogP contribution in [0.2, 0.25) is 0 Å². The fraction of sp³-hybridized carbons (Fsp3) is 0.857. The molecule has 2 heterocycles. The number of rotatable bonds is 4. The van der Waals surface area contributed by atoms with Gasteiger partial charge in [-0.2, -0.15) is 0 Å². The molecule has 1 unspecified atom stereocenters. The quantitative estimate of drug-likeness (QED) is 0.751. The fourth-order valence-corrected chi connectivity index (χ4v) is 2.59. The standard InChI is InChI=1S/C14H24N2O2/c1-4-7-16-8-5-12(6-9-16)15-10-13-11-17-14(2,3)18-13/h1,12-13,15H,5-11H2,2-3H3. The molecule has 4 heteroatoms. The van der Waals surface area contributed by atoms with E-state index in [4.69, 9.17) is 15.9 Å². The maximum absolute atomic E-state index is 5.78. The normalized spacial score (nSPS) is 29.3. The number of ether oxygens (including phenoxy) is 2. The molecule has 0 spiro atoms. The summed E-state index contributed by atoms with van der Waals surface area (Å²) in [6.07, 6.45) is 7.84. The average molecular weight is 252 g/mol. The van der Waals surface area contributed by atoms with E-state index >= 15 is 0 Å². The van der Waals surface area contributed by atoms with Crippen molar-refractivity contribution in [1.29, 1.82) is 0 Å². The highest BCUT2D eigenvalue weighted by molar-refractivity contribution is 4.90. The molecule has 0 amide bonds. The summed E-state index contributed by atoms with van der Waals surface area (Å²) in [7, 11) is 0. The molecule has 2 saturated heterocycles. The van der Waals surface area contributed by atoms with E-state index in [1.54, 1.807) is 0 Å². The molecule has 18 heavy (non-hydrogen) atoms. The van der Waals surface area contributed by atoms with Gasteiger partial charge < -0.3 is 14.8 Å². The van der Waals surface area contributed by atoms with Crippen molar-refractivity contribution in [1.82, 2.24) is 10.2 Å². The van der Waals surface area contributed by atoms with Gasteiger partial charge in [-0.05, 0) is 26.7 Å². The third kappa shape index (κ3) is 3.96. The van der Waals surface area contributed by atoms with Gasteiger partial charge in [-0.25, -0.2) is 0 Å². The second-order valence-corrected chi connectivity index (χ2v) is 5.61. The van der Waals surface area contributed by atoms with E-state index in [1.165, 1.54) is 12.8 Å². The lowest BCUT2D eigenvalue weighted by molar-refractivity contribution is -0.138. The van der Waals surface area contributed by atoms with Gasteiger partial charge in [-0.15, -0.1) is 6.42 Å². The van der Waals surface area contributed by atoms with E-state index in [1.807, 2.05) is 13.8 Å². The number of likely N-dealkylation sites (tertiary alicyclic amines) is 1. The minimum Gasteiger partial charge on any atom is -0.348 e. The molecule has 4 nitrogen and oxygen atoms in total. The van der Waals surface area contributed by atoms with Gasteiger partial charge in [0.15, 0.2) is 5.79 Å². The monoisotopic (exact) mass is 252 g/mol. The molecular formula is C14H24N2O2. The van der Waals surface area contributed by atoms with Crippen molar-refractivity contribution in [2.45, 2.75) is 44.6 Å². The SMILES string of the molecule is C#CCN1CCC(NCC2COC(C)(C)O2)CC1. The van der Waals surface area contributed by atoms with E-state index in [2.05, 4.69) is 16.1 Å². The Morgan fingerprint density at radius 3 is 2.67 bits per heavy atom. The minimum absolute atomic E-state index is 0.184. The highest BCUT2D eigenvalue weighted by atomic mass is 16.7. The van der Waals surface area contributed by atoms with Crippen LogP contribution in [0.15, 0.2) is 0 Å². The Bertz CT molecular complexity index is 303. The Morgan fingerprint density at radius 1 is 1.39 bits per heavy atom. The summed E-state index contributed by atoms with van der Waals surface area (Å²) < 4.78 is 11.3. The zero-order valence-corrected chi connectivity index (χ0v) is 11.4. The smallest absolute Gasteiger partial charge is 0.163 e. The lowest BCUT2D eigenvalue weighted by Gasteiger charge is -2.31. The Hall–Kier alpha value is -0.600. The van der Waals surface area contributed by atoms with E-state index in [-0.39, 0.29) is 6.10 Å². The van der Waals surface area contributed by atoms with Crippen LogP contribution in [0.5, 0.6) is 0 Å². The molecule has 1 atom stereocenters. The first kappa shape index (κ1) is 13.8. The molecule has 0 bridgehead atoms. The predicted octanol–water partition coefficient (Wildman–Crippen LogP) is 0.825. The second-order valence-electron chi connectivity index (χ2n) is 5.61. The Kier molecular flexibility index (Phi) is 4.63. The van der Waals surface area contributed by atoms with Crippen molar-refractivity contribution in [2.75, 3.05) is 32.8 Å². The number of hydrogen-bond donors (Lipinski definition) is 1. The molecular weight excluding hydrogens is 228 g/mol. The van der Waals surface area contributed by atoms with Crippen LogP contribution in [0.25, 0.3) is 0 Å². The fourth-order valence-electron chi connectivity index (χ4n) is 2.59. The Morgan fingerprint density at radius 2 is 2.11 bits per heavy atom. The first-order valence-electron chi connectivity index (χ1n) is 6.80. The highest BCUT2D eigenvalue weighted by Crippen LogP contribution is 2.22. The first-order valence-corrected chi connectivity index (χ1v) is 6.80. The second kappa shape index (κ2) is 6.03. The van der Waals surface area contributed by atoms with Crippen molar-refractivity contribution in [2.24, 2.45) is 0 Å². The third-order valence-electron chi connectivity index (χ3n) is 3.60. The van der Waals surface area contributed by atoms with Gasteiger partial charge in [0.05, 0.1) is 19.3 Å². The number of hydrogen-bond acceptors (Lipinski definition) is 4. The molecule has 0 aromatic rings. The summed E-state index contributed by atoms with van der Waals surface area (Å²) in [5, 5.41) is 3.58. The average Bonchev–Trinajstić information content (AvgIpc) is 2.69. The molecule has 0 aromatic carbocycles. The van der Waals surface area contributed by atoms with Crippen molar-refractivity contribution < 1.29 is 9.47 Å². The predicted molar refractivity (Wildman–Crippen MR) is 71.2 cm³/mol. The third-order valence-corrected chi connectivity index (χ3v) is 3.60. The largest absolute Gasteiger partial charge is 0.348 e. The summed E-state index contributed by atoms with van der Waals surface area (Å²) in [6, 6.07) is 0.589. The van der Waals surface area contributed by atoms with E-state index in [0.29, 0.717) is 12.6 Å². The summed E-state index contributed by atoms with van der Waals surface area (Å²) in [6.45, 7) is 8.46. The van der Waals surface area contributed by atoms with Crippen LogP contribution in [0.1, 0.15) is 26.7 Å². The van der Waals surface area contributed by atoms with Crippen molar-refractivity contribution in [3.63, 3.8) is 0 Å². The van der Waals surface area contributed by atoms with Crippen LogP contribution < -0.4 is 5.32 Å². The molecule has 2 aliphatic rings. The van der Waals surface area contributed by atoms with Gasteiger partial charge in [-0.1, -0.05) is 5.92 Å². The molecule has 2 aliphatic heterocycles.